The van der Waals surface area contributed by atoms with Crippen LogP contribution in [0.25, 0.3) is 10.2 Å². The van der Waals surface area contributed by atoms with E-state index in [4.69, 9.17) is 5.73 Å². The molecule has 1 aromatic carbocycles. The van der Waals surface area contributed by atoms with Crippen LogP contribution in [0.2, 0.25) is 0 Å². The molecule has 0 bridgehead atoms. The summed E-state index contributed by atoms with van der Waals surface area (Å²) in [7, 11) is 0. The number of nitrogens with two attached hydrogens (primary N) is 1. The van der Waals surface area contributed by atoms with Crippen molar-refractivity contribution in [3.63, 3.8) is 0 Å². The maximum absolute atomic E-state index is 5.68. The molecule has 15 heavy (non-hydrogen) atoms. The van der Waals surface area contributed by atoms with Crippen molar-refractivity contribution in [1.29, 1.82) is 0 Å². The van der Waals surface area contributed by atoms with Gasteiger partial charge in [-0.2, -0.15) is 0 Å². The van der Waals surface area contributed by atoms with Gasteiger partial charge in [0, 0.05) is 0 Å². The van der Waals surface area contributed by atoms with E-state index in [0.717, 1.165) is 11.9 Å². The van der Waals surface area contributed by atoms with Gasteiger partial charge in [-0.3, -0.25) is 0 Å². The zero-order chi connectivity index (χ0) is 11.1. The Labute approximate surface area is 94.1 Å². The Morgan fingerprint density at radius 1 is 1.33 bits per heavy atom. The maximum Gasteiger partial charge on any atom is 0.181 e. The first-order valence-electron chi connectivity index (χ1n) is 5.09. The number of nitrogen functional groups attached to an aromatic ring is 1. The normalized spacial score (nSPS) is 12.2. The number of benzene rings is 1. The minimum absolute atomic E-state index is 0.323. The van der Waals surface area contributed by atoms with Crippen LogP contribution in [0.1, 0.15) is 26.3 Å². The molecule has 0 amide bonds. The molecular formula is C12H16N2S. The first kappa shape index (κ1) is 10.4. The molecule has 2 aromatic rings. The minimum Gasteiger partial charge on any atom is -0.375 e. The molecular weight excluding hydrogens is 204 g/mol. The summed E-state index contributed by atoms with van der Waals surface area (Å²) < 4.78 is 1.19. The Morgan fingerprint density at radius 2 is 2.07 bits per heavy atom. The van der Waals surface area contributed by atoms with Gasteiger partial charge in [-0.15, -0.1) is 0 Å². The molecule has 0 saturated heterocycles. The molecule has 0 spiro atoms. The maximum atomic E-state index is 5.68. The van der Waals surface area contributed by atoms with Crippen molar-refractivity contribution in [3.8, 4) is 0 Å². The molecule has 2 N–H and O–H groups in total. The summed E-state index contributed by atoms with van der Waals surface area (Å²) in [6, 6.07) is 6.41. The summed E-state index contributed by atoms with van der Waals surface area (Å²) in [5.74, 6) is 0. The van der Waals surface area contributed by atoms with Crippen molar-refractivity contribution < 1.29 is 0 Å². The lowest BCUT2D eigenvalue weighted by Crippen LogP contribution is -2.08. The number of aromatic nitrogens is 1. The van der Waals surface area contributed by atoms with Crippen LogP contribution in [-0.4, -0.2) is 4.98 Å². The molecule has 0 radical (unpaired) electrons. The van der Waals surface area contributed by atoms with Gasteiger partial charge in [0.2, 0.25) is 0 Å². The highest BCUT2D eigenvalue weighted by Gasteiger charge is 2.12. The zero-order valence-corrected chi connectivity index (χ0v) is 10.2. The van der Waals surface area contributed by atoms with Gasteiger partial charge in [0.15, 0.2) is 5.13 Å². The van der Waals surface area contributed by atoms with Crippen molar-refractivity contribution in [3.05, 3.63) is 23.8 Å². The van der Waals surface area contributed by atoms with Gasteiger partial charge in [0.1, 0.15) is 0 Å². The molecule has 2 rings (SSSR count). The second-order valence-electron chi connectivity index (χ2n) is 5.09. The molecule has 3 heteroatoms. The fraction of sp³-hybridized carbons (Fsp3) is 0.417. The summed E-state index contributed by atoms with van der Waals surface area (Å²) in [5.41, 5.74) is 8.37. The van der Waals surface area contributed by atoms with Crippen LogP contribution in [0.4, 0.5) is 5.13 Å². The van der Waals surface area contributed by atoms with Crippen molar-refractivity contribution in [1.82, 2.24) is 4.98 Å². The van der Waals surface area contributed by atoms with Crippen molar-refractivity contribution in [2.24, 2.45) is 5.41 Å². The SMILES string of the molecule is CC(C)(C)Cc1ccc2nc(N)sc2c1. The average Bonchev–Trinajstić information content (AvgIpc) is 2.40. The van der Waals surface area contributed by atoms with Gasteiger partial charge in [-0.1, -0.05) is 38.2 Å². The highest BCUT2D eigenvalue weighted by molar-refractivity contribution is 7.22. The molecule has 0 atom stereocenters. The van der Waals surface area contributed by atoms with E-state index in [0.29, 0.717) is 10.5 Å². The largest absolute Gasteiger partial charge is 0.375 e. The molecule has 0 unspecified atom stereocenters. The quantitative estimate of drug-likeness (QED) is 0.799. The standard InChI is InChI=1S/C12H16N2S/c1-12(2,3)7-8-4-5-9-10(6-8)15-11(13)14-9/h4-6H,7H2,1-3H3,(H2,13,14). The van der Waals surface area contributed by atoms with Crippen LogP contribution in [0.3, 0.4) is 0 Å². The third-order valence-corrected chi connectivity index (χ3v) is 3.05. The van der Waals surface area contributed by atoms with E-state index < -0.39 is 0 Å². The van der Waals surface area contributed by atoms with Gasteiger partial charge in [0.25, 0.3) is 0 Å². The van der Waals surface area contributed by atoms with Crippen LogP contribution in [-0.2, 0) is 6.42 Å². The van der Waals surface area contributed by atoms with Crippen molar-refractivity contribution >= 4 is 26.7 Å². The van der Waals surface area contributed by atoms with Crippen molar-refractivity contribution in [2.75, 3.05) is 5.73 Å². The lowest BCUT2D eigenvalue weighted by molar-refractivity contribution is 0.411. The Kier molecular flexibility index (Phi) is 2.43. The van der Waals surface area contributed by atoms with Crippen molar-refractivity contribution in [2.45, 2.75) is 27.2 Å². The van der Waals surface area contributed by atoms with E-state index in [9.17, 15) is 0 Å². The molecule has 1 aromatic heterocycles. The summed E-state index contributed by atoms with van der Waals surface area (Å²) >= 11 is 1.56. The zero-order valence-electron chi connectivity index (χ0n) is 9.37. The number of hydrogen-bond acceptors (Lipinski definition) is 3. The molecule has 0 saturated carbocycles. The number of anilines is 1. The Morgan fingerprint density at radius 3 is 2.73 bits per heavy atom. The van der Waals surface area contributed by atoms with E-state index >= 15 is 0 Å². The smallest absolute Gasteiger partial charge is 0.181 e. The number of fused-ring (bicyclic) bond motifs is 1. The van der Waals surface area contributed by atoms with E-state index in [2.05, 4.69) is 44.0 Å². The lowest BCUT2D eigenvalue weighted by Gasteiger charge is -2.17. The Bertz CT molecular complexity index is 480. The number of nitrogens with zero attached hydrogens (tertiary/aromatic N) is 1. The van der Waals surface area contributed by atoms with Crippen LogP contribution in [0.5, 0.6) is 0 Å². The third kappa shape index (κ3) is 2.48. The number of hydrogen-bond donors (Lipinski definition) is 1. The monoisotopic (exact) mass is 220 g/mol. The summed E-state index contributed by atoms with van der Waals surface area (Å²) in [6.07, 6.45) is 1.08. The fourth-order valence-electron chi connectivity index (χ4n) is 1.71. The molecule has 0 aliphatic rings. The lowest BCUT2D eigenvalue weighted by atomic mass is 9.88. The van der Waals surface area contributed by atoms with Gasteiger partial charge in [0.05, 0.1) is 10.2 Å². The highest BCUT2D eigenvalue weighted by Crippen LogP contribution is 2.27. The molecule has 80 valence electrons. The number of rotatable bonds is 1. The van der Waals surface area contributed by atoms with Gasteiger partial charge in [-0.25, -0.2) is 4.98 Å². The van der Waals surface area contributed by atoms with Crippen LogP contribution in [0, 0.1) is 5.41 Å². The summed E-state index contributed by atoms with van der Waals surface area (Å²) in [6.45, 7) is 6.74. The minimum atomic E-state index is 0.323. The molecule has 0 fully saturated rings. The summed E-state index contributed by atoms with van der Waals surface area (Å²) in [5, 5.41) is 0.651. The van der Waals surface area contributed by atoms with Gasteiger partial charge in [-0.05, 0) is 29.5 Å². The van der Waals surface area contributed by atoms with E-state index in [1.165, 1.54) is 10.3 Å². The van der Waals surface area contributed by atoms with Crippen LogP contribution in [0.15, 0.2) is 18.2 Å². The third-order valence-electron chi connectivity index (χ3n) is 2.20. The first-order chi connectivity index (χ1) is 6.94. The molecule has 1 heterocycles. The van der Waals surface area contributed by atoms with E-state index in [1.807, 2.05) is 0 Å². The molecule has 0 aliphatic heterocycles. The van der Waals surface area contributed by atoms with Gasteiger partial charge < -0.3 is 5.73 Å². The topological polar surface area (TPSA) is 38.9 Å². The van der Waals surface area contributed by atoms with E-state index in [1.54, 1.807) is 11.3 Å². The highest BCUT2D eigenvalue weighted by atomic mass is 32.1. The second kappa shape index (κ2) is 3.49. The predicted octanol–water partition coefficient (Wildman–Crippen LogP) is 3.47. The fourth-order valence-corrected chi connectivity index (χ4v) is 2.51. The number of thiazole rings is 1. The predicted molar refractivity (Wildman–Crippen MR) is 67.2 cm³/mol. The average molecular weight is 220 g/mol. The molecule has 2 nitrogen and oxygen atoms in total. The van der Waals surface area contributed by atoms with Crippen LogP contribution < -0.4 is 5.73 Å². The van der Waals surface area contributed by atoms with Gasteiger partial charge >= 0.3 is 0 Å². The summed E-state index contributed by atoms with van der Waals surface area (Å²) in [4.78, 5) is 4.25. The Balaban J connectivity index is 2.38. The Hall–Kier alpha value is -1.09. The molecule has 0 aliphatic carbocycles. The second-order valence-corrected chi connectivity index (χ2v) is 6.15. The van der Waals surface area contributed by atoms with Crippen LogP contribution >= 0.6 is 11.3 Å². The first-order valence-corrected chi connectivity index (χ1v) is 5.91. The van der Waals surface area contributed by atoms with E-state index in [-0.39, 0.29) is 0 Å².